The first-order valence-electron chi connectivity index (χ1n) is 5.59. The van der Waals surface area contributed by atoms with Crippen molar-refractivity contribution in [2.24, 2.45) is 0 Å². The summed E-state index contributed by atoms with van der Waals surface area (Å²) in [5.41, 5.74) is 2.86. The zero-order valence-corrected chi connectivity index (χ0v) is 11.0. The predicted molar refractivity (Wildman–Crippen MR) is 68.4 cm³/mol. The lowest BCUT2D eigenvalue weighted by Gasteiger charge is -2.08. The molecule has 0 aliphatic rings. The van der Waals surface area contributed by atoms with Crippen molar-refractivity contribution in [3.63, 3.8) is 0 Å². The number of imidazole rings is 1. The van der Waals surface area contributed by atoms with Gasteiger partial charge in [-0.25, -0.2) is 9.97 Å². The highest BCUT2D eigenvalue weighted by Gasteiger charge is 2.15. The van der Waals surface area contributed by atoms with Gasteiger partial charge >= 0.3 is 0 Å². The second-order valence-electron chi connectivity index (χ2n) is 4.09. The molecule has 0 saturated carbocycles. The fraction of sp³-hybridized carbons (Fsp3) is 0.500. The van der Waals surface area contributed by atoms with Crippen molar-refractivity contribution < 1.29 is 4.74 Å². The summed E-state index contributed by atoms with van der Waals surface area (Å²) in [5.74, 6) is 0.844. The number of ether oxygens (including phenoxy) is 1. The summed E-state index contributed by atoms with van der Waals surface area (Å²) < 4.78 is 7.13. The van der Waals surface area contributed by atoms with Crippen LogP contribution in [0.4, 0.5) is 0 Å². The van der Waals surface area contributed by atoms with Crippen LogP contribution in [-0.2, 0) is 11.3 Å². The molecule has 1 atom stereocenters. The van der Waals surface area contributed by atoms with E-state index in [1.165, 1.54) is 0 Å². The molecule has 17 heavy (non-hydrogen) atoms. The molecule has 0 radical (unpaired) electrons. The monoisotopic (exact) mass is 253 g/mol. The molecule has 2 aromatic heterocycles. The summed E-state index contributed by atoms with van der Waals surface area (Å²) in [4.78, 5) is 8.96. The van der Waals surface area contributed by atoms with Crippen molar-refractivity contribution in [1.82, 2.24) is 14.5 Å². The van der Waals surface area contributed by atoms with Crippen molar-refractivity contribution in [2.45, 2.75) is 25.8 Å². The van der Waals surface area contributed by atoms with Crippen molar-refractivity contribution in [1.29, 1.82) is 0 Å². The van der Waals surface area contributed by atoms with Crippen LogP contribution in [0.2, 0.25) is 0 Å². The second-order valence-corrected chi connectivity index (χ2v) is 4.74. The van der Waals surface area contributed by atoms with Gasteiger partial charge in [0.1, 0.15) is 11.3 Å². The maximum Gasteiger partial charge on any atom is 0.160 e. The van der Waals surface area contributed by atoms with E-state index in [-0.39, 0.29) is 5.38 Å². The van der Waals surface area contributed by atoms with Crippen LogP contribution in [0.3, 0.4) is 0 Å². The first-order chi connectivity index (χ1) is 8.13. The van der Waals surface area contributed by atoms with Crippen LogP contribution in [0, 0.1) is 6.92 Å². The average molecular weight is 254 g/mol. The first kappa shape index (κ1) is 12.3. The second kappa shape index (κ2) is 5.02. The summed E-state index contributed by atoms with van der Waals surface area (Å²) in [7, 11) is 1.68. The van der Waals surface area contributed by atoms with E-state index in [1.54, 1.807) is 7.11 Å². The minimum absolute atomic E-state index is 0.138. The number of pyridine rings is 1. The highest BCUT2D eigenvalue weighted by Crippen LogP contribution is 2.23. The molecule has 1 unspecified atom stereocenters. The molecule has 0 amide bonds. The van der Waals surface area contributed by atoms with Crippen molar-refractivity contribution in [2.75, 3.05) is 13.7 Å². The molecule has 4 nitrogen and oxygen atoms in total. The Bertz CT molecular complexity index is 522. The van der Waals surface area contributed by atoms with E-state index in [9.17, 15) is 0 Å². The molecule has 0 aliphatic heterocycles. The molecule has 0 saturated heterocycles. The molecule has 92 valence electrons. The standard InChI is InChI=1S/C12H16ClN3O/c1-8-6-10-12(14-7-8)16(4-5-17-3)11(15-10)9(2)13/h6-7,9H,4-5H2,1-3H3. The van der Waals surface area contributed by atoms with Gasteiger partial charge in [-0.3, -0.25) is 0 Å². The molecule has 0 spiro atoms. The number of aryl methyl sites for hydroxylation is 1. The number of halogens is 1. The summed E-state index contributed by atoms with van der Waals surface area (Å²) >= 11 is 6.15. The van der Waals surface area contributed by atoms with Gasteiger partial charge in [-0.1, -0.05) is 0 Å². The molecule has 2 rings (SSSR count). The first-order valence-corrected chi connectivity index (χ1v) is 6.03. The van der Waals surface area contributed by atoms with E-state index in [1.807, 2.05) is 30.7 Å². The third kappa shape index (κ3) is 2.42. The Morgan fingerprint density at radius 1 is 1.53 bits per heavy atom. The van der Waals surface area contributed by atoms with Crippen molar-refractivity contribution in [3.8, 4) is 0 Å². The SMILES string of the molecule is COCCn1c(C(C)Cl)nc2cc(C)cnc21. The normalized spacial score (nSPS) is 13.2. The van der Waals surface area contributed by atoms with Gasteiger partial charge in [0.25, 0.3) is 0 Å². The Morgan fingerprint density at radius 2 is 2.29 bits per heavy atom. The lowest BCUT2D eigenvalue weighted by Crippen LogP contribution is -2.09. The zero-order valence-electron chi connectivity index (χ0n) is 10.3. The average Bonchev–Trinajstić information content (AvgIpc) is 2.64. The van der Waals surface area contributed by atoms with Gasteiger partial charge in [0.15, 0.2) is 5.65 Å². The molecule has 0 N–H and O–H groups in total. The highest BCUT2D eigenvalue weighted by atomic mass is 35.5. The number of methoxy groups -OCH3 is 1. The number of hydrogen-bond donors (Lipinski definition) is 0. The number of alkyl halides is 1. The number of rotatable bonds is 4. The van der Waals surface area contributed by atoms with Crippen LogP contribution < -0.4 is 0 Å². The van der Waals surface area contributed by atoms with Crippen LogP contribution in [0.25, 0.3) is 11.2 Å². The van der Waals surface area contributed by atoms with E-state index in [0.717, 1.165) is 29.1 Å². The molecule has 0 aromatic carbocycles. The van der Waals surface area contributed by atoms with E-state index in [0.29, 0.717) is 6.61 Å². The predicted octanol–water partition coefficient (Wildman–Crippen LogP) is 2.69. The van der Waals surface area contributed by atoms with Crippen LogP contribution in [0.15, 0.2) is 12.3 Å². The van der Waals surface area contributed by atoms with Gasteiger partial charge in [0.05, 0.1) is 12.0 Å². The lowest BCUT2D eigenvalue weighted by molar-refractivity contribution is 0.187. The fourth-order valence-corrected chi connectivity index (χ4v) is 2.00. The van der Waals surface area contributed by atoms with Gasteiger partial charge in [0, 0.05) is 19.9 Å². The summed E-state index contributed by atoms with van der Waals surface area (Å²) in [6, 6.07) is 2.02. The number of hydrogen-bond acceptors (Lipinski definition) is 3. The maximum atomic E-state index is 6.15. The van der Waals surface area contributed by atoms with Gasteiger partial charge in [-0.05, 0) is 25.5 Å². The fourth-order valence-electron chi connectivity index (χ4n) is 1.84. The van der Waals surface area contributed by atoms with Gasteiger partial charge < -0.3 is 9.30 Å². The quantitative estimate of drug-likeness (QED) is 0.787. The largest absolute Gasteiger partial charge is 0.383 e. The minimum Gasteiger partial charge on any atom is -0.383 e. The number of aromatic nitrogens is 3. The molecule has 0 bridgehead atoms. The van der Waals surface area contributed by atoms with Crippen molar-refractivity contribution >= 4 is 22.8 Å². The van der Waals surface area contributed by atoms with Crippen molar-refractivity contribution in [3.05, 3.63) is 23.7 Å². The third-order valence-electron chi connectivity index (χ3n) is 2.63. The van der Waals surface area contributed by atoms with E-state index in [4.69, 9.17) is 16.3 Å². The molecule has 2 aromatic rings. The smallest absolute Gasteiger partial charge is 0.160 e. The molecular weight excluding hydrogens is 238 g/mol. The Kier molecular flexibility index (Phi) is 3.64. The summed E-state index contributed by atoms with van der Waals surface area (Å²) in [6.45, 7) is 5.26. The minimum atomic E-state index is -0.138. The third-order valence-corrected chi connectivity index (χ3v) is 2.82. The molecule has 0 fully saturated rings. The van der Waals surface area contributed by atoms with E-state index in [2.05, 4.69) is 9.97 Å². The highest BCUT2D eigenvalue weighted by molar-refractivity contribution is 6.20. The van der Waals surface area contributed by atoms with Crippen LogP contribution in [-0.4, -0.2) is 28.3 Å². The summed E-state index contributed by atoms with van der Waals surface area (Å²) in [6.07, 6.45) is 1.84. The Balaban J connectivity index is 2.54. The van der Waals surface area contributed by atoms with Gasteiger partial charge in [-0.15, -0.1) is 11.6 Å². The molecular formula is C12H16ClN3O. The van der Waals surface area contributed by atoms with Crippen LogP contribution >= 0.6 is 11.6 Å². The van der Waals surface area contributed by atoms with Crippen LogP contribution in [0.1, 0.15) is 23.7 Å². The summed E-state index contributed by atoms with van der Waals surface area (Å²) in [5, 5.41) is -0.138. The van der Waals surface area contributed by atoms with E-state index < -0.39 is 0 Å². The topological polar surface area (TPSA) is 39.9 Å². The maximum absolute atomic E-state index is 6.15. The molecule has 0 aliphatic carbocycles. The number of fused-ring (bicyclic) bond motifs is 1. The Morgan fingerprint density at radius 3 is 2.94 bits per heavy atom. The number of nitrogens with zero attached hydrogens (tertiary/aromatic N) is 3. The van der Waals surface area contributed by atoms with Gasteiger partial charge in [0.2, 0.25) is 0 Å². The molecule has 2 heterocycles. The molecule has 5 heteroatoms. The lowest BCUT2D eigenvalue weighted by atomic mass is 10.3. The van der Waals surface area contributed by atoms with Gasteiger partial charge in [-0.2, -0.15) is 0 Å². The van der Waals surface area contributed by atoms with E-state index >= 15 is 0 Å². The Labute approximate surface area is 106 Å². The van der Waals surface area contributed by atoms with Crippen LogP contribution in [0.5, 0.6) is 0 Å². The Hall–Kier alpha value is -1.13. The zero-order chi connectivity index (χ0) is 12.4.